The van der Waals surface area contributed by atoms with Crippen molar-refractivity contribution >= 4 is 67.1 Å². The maximum Gasteiger partial charge on any atom is 0.351 e. The Morgan fingerprint density at radius 3 is 2.12 bits per heavy atom. The van der Waals surface area contributed by atoms with Gasteiger partial charge in [0.2, 0.25) is 0 Å². The highest BCUT2D eigenvalue weighted by Gasteiger charge is 2.11. The van der Waals surface area contributed by atoms with E-state index in [1.165, 1.54) is 0 Å². The van der Waals surface area contributed by atoms with Crippen LogP contribution >= 0.6 is 61.1 Å². The SMILES string of the molecule is COc1ccc(OC(=O)C(I)=C(Br)I)cc1. The van der Waals surface area contributed by atoms with Crippen LogP contribution in [0.2, 0.25) is 0 Å². The van der Waals surface area contributed by atoms with Crippen molar-refractivity contribution in [2.45, 2.75) is 0 Å². The van der Waals surface area contributed by atoms with Crippen LogP contribution in [0.3, 0.4) is 0 Å². The predicted octanol–water partition coefficient (Wildman–Crippen LogP) is 4.03. The number of carbonyl (C=O) groups excluding carboxylic acids is 1. The molecule has 0 heterocycles. The molecule has 0 radical (unpaired) electrons. The Bertz CT molecular complexity index is 411. The Labute approximate surface area is 129 Å². The van der Waals surface area contributed by atoms with E-state index in [0.717, 1.165) is 8.24 Å². The van der Waals surface area contributed by atoms with E-state index in [9.17, 15) is 4.79 Å². The highest BCUT2D eigenvalue weighted by atomic mass is 127. The van der Waals surface area contributed by atoms with Crippen LogP contribution in [-0.4, -0.2) is 13.1 Å². The Hall–Kier alpha value is 0.170. The van der Waals surface area contributed by atoms with E-state index >= 15 is 0 Å². The molecule has 86 valence electrons. The first kappa shape index (κ1) is 14.2. The lowest BCUT2D eigenvalue weighted by Gasteiger charge is -2.04. The summed E-state index contributed by atoms with van der Waals surface area (Å²) in [4.78, 5) is 11.6. The molecule has 1 rings (SSSR count). The number of hydrogen-bond donors (Lipinski definition) is 0. The molecule has 0 aliphatic heterocycles. The normalized spacial score (nSPS) is 11.8. The molecule has 0 aliphatic rings. The van der Waals surface area contributed by atoms with Gasteiger partial charge in [-0.25, -0.2) is 4.79 Å². The highest BCUT2D eigenvalue weighted by molar-refractivity contribution is 14.1. The van der Waals surface area contributed by atoms with E-state index < -0.39 is 0 Å². The second-order valence-electron chi connectivity index (χ2n) is 2.64. The first-order chi connectivity index (χ1) is 7.54. The standard InChI is InChI=1S/C10H7BrI2O3/c1-15-6-2-4-7(5-3-6)16-10(14)8(12)9(11)13/h2-5H,1H3. The van der Waals surface area contributed by atoms with E-state index in [2.05, 4.69) is 15.9 Å². The van der Waals surface area contributed by atoms with Gasteiger partial charge in [-0.15, -0.1) is 0 Å². The van der Waals surface area contributed by atoms with Crippen molar-refractivity contribution in [2.24, 2.45) is 0 Å². The topological polar surface area (TPSA) is 35.5 Å². The molecule has 0 aromatic heterocycles. The Kier molecular flexibility index (Phi) is 6.05. The molecule has 0 unspecified atom stereocenters. The Balaban J connectivity index is 2.74. The number of halogens is 3. The van der Waals surface area contributed by atoms with Gasteiger partial charge in [0.25, 0.3) is 0 Å². The van der Waals surface area contributed by atoms with Gasteiger partial charge in [-0.2, -0.15) is 0 Å². The predicted molar refractivity (Wildman–Crippen MR) is 82.6 cm³/mol. The first-order valence-electron chi connectivity index (χ1n) is 4.11. The van der Waals surface area contributed by atoms with Crippen LogP contribution in [0.1, 0.15) is 0 Å². The number of hydrogen-bond acceptors (Lipinski definition) is 3. The fourth-order valence-electron chi connectivity index (χ4n) is 0.873. The molecule has 6 heteroatoms. The molecule has 1 aromatic carbocycles. The lowest BCUT2D eigenvalue weighted by molar-refractivity contribution is -0.129. The maximum atomic E-state index is 11.6. The summed E-state index contributed by atoms with van der Waals surface area (Å²) in [6.07, 6.45) is 0. The van der Waals surface area contributed by atoms with Gasteiger partial charge >= 0.3 is 5.97 Å². The van der Waals surface area contributed by atoms with Gasteiger partial charge in [0.1, 0.15) is 15.1 Å². The van der Waals surface area contributed by atoms with Crippen LogP contribution in [0, 0.1) is 0 Å². The molecule has 0 spiro atoms. The lowest BCUT2D eigenvalue weighted by atomic mass is 10.3. The van der Waals surface area contributed by atoms with Crippen LogP contribution in [0.25, 0.3) is 0 Å². The van der Waals surface area contributed by atoms with Crippen molar-refractivity contribution in [3.8, 4) is 11.5 Å². The van der Waals surface area contributed by atoms with Crippen molar-refractivity contribution in [3.05, 3.63) is 30.3 Å². The van der Waals surface area contributed by atoms with Gasteiger partial charge in [-0.1, -0.05) is 0 Å². The van der Waals surface area contributed by atoms with Crippen molar-refractivity contribution in [2.75, 3.05) is 7.11 Å². The van der Waals surface area contributed by atoms with Crippen molar-refractivity contribution in [1.29, 1.82) is 0 Å². The van der Waals surface area contributed by atoms with Crippen molar-refractivity contribution < 1.29 is 14.3 Å². The van der Waals surface area contributed by atoms with Gasteiger partial charge in [-0.3, -0.25) is 0 Å². The summed E-state index contributed by atoms with van der Waals surface area (Å²) in [6.45, 7) is 0. The second kappa shape index (κ2) is 6.80. The van der Waals surface area contributed by atoms with Gasteiger partial charge in [0, 0.05) is 0 Å². The third kappa shape index (κ3) is 4.21. The first-order valence-corrected chi connectivity index (χ1v) is 7.06. The minimum absolute atomic E-state index is 0.382. The third-order valence-corrected chi connectivity index (χ3v) is 5.30. The molecule has 0 saturated heterocycles. The van der Waals surface area contributed by atoms with Crippen molar-refractivity contribution in [1.82, 2.24) is 0 Å². The minimum atomic E-state index is -0.382. The smallest absolute Gasteiger partial charge is 0.351 e. The molecular formula is C10H7BrI2O3. The number of ether oxygens (including phenoxy) is 2. The van der Waals surface area contributed by atoms with E-state index in [4.69, 9.17) is 9.47 Å². The molecule has 0 atom stereocenters. The molecule has 0 N–H and O–H groups in total. The molecule has 0 aliphatic carbocycles. The van der Waals surface area contributed by atoms with Gasteiger partial charge in [0.05, 0.1) is 9.60 Å². The summed E-state index contributed by atoms with van der Waals surface area (Å²) in [7, 11) is 1.58. The van der Waals surface area contributed by atoms with E-state index in [1.54, 1.807) is 31.4 Å². The van der Waals surface area contributed by atoms with E-state index in [0.29, 0.717) is 9.33 Å². The fraction of sp³-hybridized carbons (Fsp3) is 0.100. The zero-order valence-corrected chi connectivity index (χ0v) is 14.1. The van der Waals surface area contributed by atoms with Crippen LogP contribution in [0.4, 0.5) is 0 Å². The van der Waals surface area contributed by atoms with Gasteiger partial charge < -0.3 is 9.47 Å². The summed E-state index contributed by atoms with van der Waals surface area (Å²) >= 11 is 7.14. The van der Waals surface area contributed by atoms with Gasteiger partial charge in [-0.05, 0) is 85.4 Å². The van der Waals surface area contributed by atoms with Crippen LogP contribution in [0.15, 0.2) is 30.3 Å². The molecule has 1 aromatic rings. The number of methoxy groups -OCH3 is 1. The van der Waals surface area contributed by atoms with E-state index in [1.807, 2.05) is 45.2 Å². The summed E-state index contributed by atoms with van der Waals surface area (Å²) in [5.41, 5.74) is 0. The molecule has 16 heavy (non-hydrogen) atoms. The molecule has 3 nitrogen and oxygen atoms in total. The molecule has 0 bridgehead atoms. The van der Waals surface area contributed by atoms with Crippen LogP contribution < -0.4 is 9.47 Å². The molecular weight excluding hydrogens is 502 g/mol. The second-order valence-corrected chi connectivity index (χ2v) is 7.07. The van der Waals surface area contributed by atoms with Crippen LogP contribution in [0.5, 0.6) is 11.5 Å². The number of carbonyl (C=O) groups is 1. The Morgan fingerprint density at radius 2 is 1.69 bits per heavy atom. The van der Waals surface area contributed by atoms with Gasteiger partial charge in [0.15, 0.2) is 0 Å². The zero-order chi connectivity index (χ0) is 12.1. The average Bonchev–Trinajstić information content (AvgIpc) is 2.28. The quantitative estimate of drug-likeness (QED) is 0.268. The molecule has 0 saturated carbocycles. The van der Waals surface area contributed by atoms with Crippen molar-refractivity contribution in [3.63, 3.8) is 0 Å². The Morgan fingerprint density at radius 1 is 1.19 bits per heavy atom. The highest BCUT2D eigenvalue weighted by Crippen LogP contribution is 2.26. The van der Waals surface area contributed by atoms with E-state index in [-0.39, 0.29) is 5.97 Å². The summed E-state index contributed by atoms with van der Waals surface area (Å²) < 4.78 is 11.4. The number of rotatable bonds is 3. The zero-order valence-electron chi connectivity index (χ0n) is 8.17. The maximum absolute atomic E-state index is 11.6. The number of esters is 1. The fourth-order valence-corrected chi connectivity index (χ4v) is 1.36. The third-order valence-electron chi connectivity index (χ3n) is 1.62. The summed E-state index contributed by atoms with van der Waals surface area (Å²) in [6, 6.07) is 6.83. The molecule has 0 amide bonds. The monoisotopic (exact) mass is 508 g/mol. The number of benzene rings is 1. The minimum Gasteiger partial charge on any atom is -0.497 e. The summed E-state index contributed by atoms with van der Waals surface area (Å²) in [5, 5.41) is 0. The summed E-state index contributed by atoms with van der Waals surface area (Å²) in [5.74, 6) is 0.831. The average molecular weight is 509 g/mol. The largest absolute Gasteiger partial charge is 0.497 e. The lowest BCUT2D eigenvalue weighted by Crippen LogP contribution is -2.07. The van der Waals surface area contributed by atoms with Crippen LogP contribution in [-0.2, 0) is 4.79 Å². The molecule has 0 fully saturated rings.